The van der Waals surface area contributed by atoms with Gasteiger partial charge in [0.05, 0.1) is 11.9 Å². The number of rotatable bonds is 12. The van der Waals surface area contributed by atoms with E-state index in [0.29, 0.717) is 39.3 Å². The predicted molar refractivity (Wildman–Crippen MR) is 148 cm³/mol. The molecule has 0 spiro atoms. The first-order valence-corrected chi connectivity index (χ1v) is 14.9. The smallest absolute Gasteiger partial charge is 0.242 e. The highest BCUT2D eigenvalue weighted by Gasteiger charge is 2.28. The molecule has 0 radical (unpaired) electrons. The second-order valence-electron chi connectivity index (χ2n) is 9.55. The van der Waals surface area contributed by atoms with E-state index in [1.54, 1.807) is 43.3 Å². The molecule has 1 atom stereocenters. The molecule has 2 amide bonds. The molecule has 0 bridgehead atoms. The fourth-order valence-corrected chi connectivity index (χ4v) is 5.34. The van der Waals surface area contributed by atoms with Crippen LogP contribution in [0.25, 0.3) is 0 Å². The first-order valence-electron chi connectivity index (χ1n) is 12.2. The number of ether oxygens (including phenoxy) is 2. The Kier molecular flexibility index (Phi) is 10.1. The number of fused-ring (bicyclic) bond motifs is 1. The minimum Gasteiger partial charge on any atom is -0.454 e. The summed E-state index contributed by atoms with van der Waals surface area (Å²) in [6, 6.07) is 9.08. The van der Waals surface area contributed by atoms with Gasteiger partial charge in [-0.1, -0.05) is 43.1 Å². The number of nitrogens with one attached hydrogen (secondary N) is 1. The van der Waals surface area contributed by atoms with Gasteiger partial charge in [-0.15, -0.1) is 0 Å². The fraction of sp³-hybridized carbons (Fsp3) is 0.462. The first kappa shape index (κ1) is 29.9. The summed E-state index contributed by atoms with van der Waals surface area (Å²) in [6.07, 6.45) is 1.35. The van der Waals surface area contributed by atoms with Gasteiger partial charge in [-0.2, -0.15) is 0 Å². The number of sulfonamides is 1. The fourth-order valence-electron chi connectivity index (χ4n) is 3.91. The molecule has 1 N–H and O–H groups in total. The van der Waals surface area contributed by atoms with Crippen LogP contribution >= 0.6 is 23.2 Å². The molecule has 208 valence electrons. The van der Waals surface area contributed by atoms with Crippen molar-refractivity contribution in [2.45, 2.75) is 46.2 Å². The highest BCUT2D eigenvalue weighted by molar-refractivity contribution is 7.92. The lowest BCUT2D eigenvalue weighted by Gasteiger charge is -2.30. The largest absolute Gasteiger partial charge is 0.454 e. The zero-order valence-corrected chi connectivity index (χ0v) is 24.2. The Balaban J connectivity index is 1.75. The molecule has 2 aromatic rings. The van der Waals surface area contributed by atoms with Crippen LogP contribution in [-0.2, 0) is 26.2 Å². The van der Waals surface area contributed by atoms with Crippen molar-refractivity contribution >= 4 is 50.7 Å². The van der Waals surface area contributed by atoms with Crippen LogP contribution in [-0.4, -0.2) is 57.3 Å². The lowest BCUT2D eigenvalue weighted by molar-refractivity contribution is -0.140. The number of carbonyl (C=O) groups is 2. The van der Waals surface area contributed by atoms with Crippen molar-refractivity contribution in [2.75, 3.05) is 30.4 Å². The van der Waals surface area contributed by atoms with Gasteiger partial charge in [-0.25, -0.2) is 8.42 Å². The number of amides is 2. The van der Waals surface area contributed by atoms with Crippen LogP contribution in [0.5, 0.6) is 11.5 Å². The molecule has 0 saturated heterocycles. The van der Waals surface area contributed by atoms with E-state index in [1.165, 1.54) is 9.21 Å². The molecule has 12 heteroatoms. The molecule has 1 heterocycles. The summed E-state index contributed by atoms with van der Waals surface area (Å²) in [5.41, 5.74) is 1.06. The predicted octanol–water partition coefficient (Wildman–Crippen LogP) is 4.46. The Labute approximate surface area is 234 Å². The van der Waals surface area contributed by atoms with Crippen molar-refractivity contribution < 1.29 is 27.5 Å². The summed E-state index contributed by atoms with van der Waals surface area (Å²) < 4.78 is 37.0. The molecule has 0 saturated carbocycles. The maximum atomic E-state index is 13.4. The topological polar surface area (TPSA) is 105 Å². The molecular formula is C26H33Cl2N3O6S. The number of hydrogen-bond donors (Lipinski definition) is 1. The lowest BCUT2D eigenvalue weighted by atomic mass is 10.1. The number of benzene rings is 2. The van der Waals surface area contributed by atoms with E-state index in [2.05, 4.69) is 5.32 Å². The van der Waals surface area contributed by atoms with Crippen molar-refractivity contribution in [2.24, 2.45) is 5.92 Å². The number of halogens is 2. The molecule has 9 nitrogen and oxygen atoms in total. The maximum absolute atomic E-state index is 13.4. The number of nitrogens with zero attached hydrogens (tertiary/aromatic N) is 2. The third-order valence-corrected chi connectivity index (χ3v) is 7.78. The van der Waals surface area contributed by atoms with Gasteiger partial charge in [0.25, 0.3) is 0 Å². The van der Waals surface area contributed by atoms with Gasteiger partial charge < -0.3 is 19.7 Å². The van der Waals surface area contributed by atoms with Crippen molar-refractivity contribution in [3.8, 4) is 11.5 Å². The summed E-state index contributed by atoms with van der Waals surface area (Å²) in [7, 11) is -3.64. The average molecular weight is 587 g/mol. The highest BCUT2D eigenvalue weighted by Crippen LogP contribution is 2.36. The standard InChI is InChI=1S/C26H33Cl2N3O6S/c1-17(2)14-29-26(33)18(3)30(15-19-7-8-20(27)12-22(19)28)25(32)6-5-11-31(38(4,34)35)21-9-10-23-24(13-21)37-16-36-23/h7-10,12-13,17-18H,5-6,11,14-16H2,1-4H3,(H,29,33)/t18-/m1/s1. The van der Waals surface area contributed by atoms with Gasteiger partial charge in [0, 0.05) is 42.2 Å². The summed E-state index contributed by atoms with van der Waals surface area (Å²) in [6.45, 7) is 6.34. The molecule has 3 rings (SSSR count). The van der Waals surface area contributed by atoms with E-state index in [4.69, 9.17) is 32.7 Å². The van der Waals surface area contributed by atoms with Crippen LogP contribution in [0.2, 0.25) is 10.0 Å². The molecule has 0 aliphatic carbocycles. The number of hydrogen-bond acceptors (Lipinski definition) is 6. The molecule has 1 aliphatic rings. The SMILES string of the molecule is CC(C)CNC(=O)[C@@H](C)N(Cc1ccc(Cl)cc1Cl)C(=O)CCCN(c1ccc2c(c1)OCO2)S(C)(=O)=O. The zero-order valence-electron chi connectivity index (χ0n) is 21.9. The van der Waals surface area contributed by atoms with Gasteiger partial charge in [-0.3, -0.25) is 13.9 Å². The van der Waals surface area contributed by atoms with Crippen LogP contribution in [0.15, 0.2) is 36.4 Å². The van der Waals surface area contributed by atoms with Gasteiger partial charge in [0.15, 0.2) is 11.5 Å². The van der Waals surface area contributed by atoms with E-state index in [0.717, 1.165) is 6.26 Å². The normalized spacial score (nSPS) is 13.3. The number of anilines is 1. The van der Waals surface area contributed by atoms with E-state index in [-0.39, 0.29) is 50.5 Å². The number of carbonyl (C=O) groups excluding carboxylic acids is 2. The average Bonchev–Trinajstić information content (AvgIpc) is 3.31. The van der Waals surface area contributed by atoms with Crippen LogP contribution in [0.1, 0.15) is 39.2 Å². The Morgan fingerprint density at radius 3 is 2.42 bits per heavy atom. The Bertz CT molecular complexity index is 1270. The zero-order chi connectivity index (χ0) is 28.0. The molecule has 0 aromatic heterocycles. The summed E-state index contributed by atoms with van der Waals surface area (Å²) in [5.74, 6) is 0.662. The van der Waals surface area contributed by atoms with Crippen molar-refractivity contribution in [3.63, 3.8) is 0 Å². The Morgan fingerprint density at radius 1 is 1.05 bits per heavy atom. The minimum atomic E-state index is -3.64. The minimum absolute atomic E-state index is 0.0174. The molecule has 2 aromatic carbocycles. The van der Waals surface area contributed by atoms with Crippen molar-refractivity contribution in [1.29, 1.82) is 0 Å². The highest BCUT2D eigenvalue weighted by atomic mass is 35.5. The van der Waals surface area contributed by atoms with Gasteiger partial charge in [-0.05, 0) is 49.1 Å². The molecule has 1 aliphatic heterocycles. The lowest BCUT2D eigenvalue weighted by Crippen LogP contribution is -2.48. The van der Waals surface area contributed by atoms with Gasteiger partial charge >= 0.3 is 0 Å². The second kappa shape index (κ2) is 12.9. The molecule has 0 fully saturated rings. The van der Waals surface area contributed by atoms with Crippen LogP contribution in [0, 0.1) is 5.92 Å². The molecule has 38 heavy (non-hydrogen) atoms. The first-order chi connectivity index (χ1) is 17.9. The van der Waals surface area contributed by atoms with Crippen molar-refractivity contribution in [1.82, 2.24) is 10.2 Å². The summed E-state index contributed by atoms with van der Waals surface area (Å²) in [5, 5.41) is 3.71. The van der Waals surface area contributed by atoms with Crippen molar-refractivity contribution in [3.05, 3.63) is 52.0 Å². The van der Waals surface area contributed by atoms with Gasteiger partial charge in [0.1, 0.15) is 6.04 Å². The third kappa shape index (κ3) is 7.91. The molecule has 0 unspecified atom stereocenters. The third-order valence-electron chi connectivity index (χ3n) is 6.00. The van der Waals surface area contributed by atoms with E-state index >= 15 is 0 Å². The summed E-state index contributed by atoms with van der Waals surface area (Å²) >= 11 is 12.4. The quantitative estimate of drug-likeness (QED) is 0.394. The van der Waals surface area contributed by atoms with E-state index < -0.39 is 16.1 Å². The van der Waals surface area contributed by atoms with Crippen LogP contribution < -0.4 is 19.1 Å². The van der Waals surface area contributed by atoms with Crippen LogP contribution in [0.4, 0.5) is 5.69 Å². The van der Waals surface area contributed by atoms with Gasteiger partial charge in [0.2, 0.25) is 28.6 Å². The second-order valence-corrected chi connectivity index (χ2v) is 12.3. The Morgan fingerprint density at radius 2 is 1.76 bits per heavy atom. The van der Waals surface area contributed by atoms with E-state index in [1.807, 2.05) is 13.8 Å². The Hall–Kier alpha value is -2.69. The van der Waals surface area contributed by atoms with E-state index in [9.17, 15) is 18.0 Å². The monoisotopic (exact) mass is 585 g/mol. The summed E-state index contributed by atoms with van der Waals surface area (Å²) in [4.78, 5) is 27.7. The molecular weight excluding hydrogens is 553 g/mol. The maximum Gasteiger partial charge on any atom is 0.242 e. The van der Waals surface area contributed by atoms with Crippen LogP contribution in [0.3, 0.4) is 0 Å².